The van der Waals surface area contributed by atoms with E-state index in [0.29, 0.717) is 5.92 Å². The first-order valence-electron chi connectivity index (χ1n) is 9.26. The number of nitrogens with zero attached hydrogens (tertiary/aromatic N) is 6. The number of hydrogen-bond donors (Lipinski definition) is 0. The van der Waals surface area contributed by atoms with Gasteiger partial charge in [-0.05, 0) is 18.9 Å². The molecule has 7 heteroatoms. The molecule has 2 aromatic heterocycles. The molecule has 0 spiro atoms. The molecule has 0 unspecified atom stereocenters. The molecule has 0 aliphatic carbocycles. The van der Waals surface area contributed by atoms with Gasteiger partial charge in [-0.1, -0.05) is 0 Å². The summed E-state index contributed by atoms with van der Waals surface area (Å²) < 4.78 is 9.98. The number of ether oxygens (including phenoxy) is 1. The molecule has 2 aliphatic rings. The van der Waals surface area contributed by atoms with Crippen molar-refractivity contribution in [3.05, 3.63) is 30.4 Å². The SMILES string of the molecule is Cn1cc(N2CCN(C[C@@H]3CCCO[C@H]3c3ccnn3C)CC2)cn1. The van der Waals surface area contributed by atoms with E-state index in [-0.39, 0.29) is 6.10 Å². The molecule has 0 saturated carbocycles. The summed E-state index contributed by atoms with van der Waals surface area (Å²) in [5.74, 6) is 0.550. The van der Waals surface area contributed by atoms with Crippen molar-refractivity contribution in [3.8, 4) is 0 Å². The third-order valence-corrected chi connectivity index (χ3v) is 5.52. The van der Waals surface area contributed by atoms with E-state index in [9.17, 15) is 0 Å². The zero-order valence-corrected chi connectivity index (χ0v) is 15.2. The van der Waals surface area contributed by atoms with Gasteiger partial charge in [0, 0.05) is 71.7 Å². The van der Waals surface area contributed by atoms with Crippen molar-refractivity contribution in [2.45, 2.75) is 18.9 Å². The highest BCUT2D eigenvalue weighted by Gasteiger charge is 2.31. The number of hydrogen-bond acceptors (Lipinski definition) is 5. The number of aryl methyl sites for hydroxylation is 2. The minimum Gasteiger partial charge on any atom is -0.372 e. The van der Waals surface area contributed by atoms with E-state index in [2.05, 4.69) is 32.3 Å². The largest absolute Gasteiger partial charge is 0.372 e. The smallest absolute Gasteiger partial charge is 0.103 e. The van der Waals surface area contributed by atoms with Crippen molar-refractivity contribution in [1.29, 1.82) is 0 Å². The molecule has 4 heterocycles. The van der Waals surface area contributed by atoms with Gasteiger partial charge in [-0.2, -0.15) is 10.2 Å². The van der Waals surface area contributed by atoms with Crippen LogP contribution in [0.1, 0.15) is 24.6 Å². The third-order valence-electron chi connectivity index (χ3n) is 5.52. The predicted molar refractivity (Wildman–Crippen MR) is 96.5 cm³/mol. The van der Waals surface area contributed by atoms with Gasteiger partial charge in [0.15, 0.2) is 0 Å². The Morgan fingerprint density at radius 1 is 1.16 bits per heavy atom. The average molecular weight is 344 g/mol. The zero-order chi connectivity index (χ0) is 17.2. The van der Waals surface area contributed by atoms with Gasteiger partial charge in [0.1, 0.15) is 6.10 Å². The van der Waals surface area contributed by atoms with Gasteiger partial charge in [-0.15, -0.1) is 0 Å². The summed E-state index contributed by atoms with van der Waals surface area (Å²) in [7, 11) is 3.98. The van der Waals surface area contributed by atoms with Crippen LogP contribution in [0.25, 0.3) is 0 Å². The Morgan fingerprint density at radius 3 is 2.68 bits per heavy atom. The Kier molecular flexibility index (Phi) is 4.76. The van der Waals surface area contributed by atoms with E-state index in [0.717, 1.165) is 45.8 Å². The summed E-state index contributed by atoms with van der Waals surface area (Å²) in [5, 5.41) is 8.61. The first kappa shape index (κ1) is 16.6. The standard InChI is InChI=1S/C18H28N6O/c1-21-14-16(12-20-21)24-9-7-23(8-10-24)13-15-4-3-11-25-18(15)17-5-6-19-22(17)2/h5-6,12,14-15,18H,3-4,7-11,13H2,1-2H3/t15-,18+/m0/s1. The van der Waals surface area contributed by atoms with Crippen molar-refractivity contribution in [3.63, 3.8) is 0 Å². The molecular formula is C18H28N6O. The minimum atomic E-state index is 0.178. The Balaban J connectivity index is 1.36. The second-order valence-electron chi connectivity index (χ2n) is 7.23. The quantitative estimate of drug-likeness (QED) is 0.840. The summed E-state index contributed by atoms with van der Waals surface area (Å²) in [4.78, 5) is 5.02. The highest BCUT2D eigenvalue weighted by Crippen LogP contribution is 2.34. The Bertz CT molecular complexity index is 687. The molecule has 0 N–H and O–H groups in total. The van der Waals surface area contributed by atoms with Crippen LogP contribution in [-0.2, 0) is 18.8 Å². The summed E-state index contributed by atoms with van der Waals surface area (Å²) in [6, 6.07) is 2.10. The summed E-state index contributed by atoms with van der Waals surface area (Å²) in [6.45, 7) is 6.30. The van der Waals surface area contributed by atoms with Crippen LogP contribution in [0.5, 0.6) is 0 Å². The Hall–Kier alpha value is -1.86. The molecule has 2 fully saturated rings. The molecule has 2 aliphatic heterocycles. The fourth-order valence-electron chi connectivity index (χ4n) is 4.11. The van der Waals surface area contributed by atoms with Gasteiger partial charge < -0.3 is 9.64 Å². The molecule has 0 aromatic carbocycles. The molecule has 2 aromatic rings. The van der Waals surface area contributed by atoms with Gasteiger partial charge >= 0.3 is 0 Å². The molecule has 0 bridgehead atoms. The van der Waals surface area contributed by atoms with E-state index in [4.69, 9.17) is 4.74 Å². The van der Waals surface area contributed by atoms with Crippen LogP contribution in [0.4, 0.5) is 5.69 Å². The van der Waals surface area contributed by atoms with Crippen molar-refractivity contribution >= 4 is 5.69 Å². The summed E-state index contributed by atoms with van der Waals surface area (Å²) in [6.07, 6.45) is 8.51. The van der Waals surface area contributed by atoms with Crippen molar-refractivity contribution < 1.29 is 4.74 Å². The van der Waals surface area contributed by atoms with Crippen LogP contribution in [0.3, 0.4) is 0 Å². The lowest BCUT2D eigenvalue weighted by Gasteiger charge is -2.40. The number of anilines is 1. The monoisotopic (exact) mass is 344 g/mol. The van der Waals surface area contributed by atoms with Crippen molar-refractivity contribution in [2.24, 2.45) is 20.0 Å². The van der Waals surface area contributed by atoms with Crippen LogP contribution in [-0.4, -0.2) is 63.8 Å². The lowest BCUT2D eigenvalue weighted by molar-refractivity contribution is -0.0435. The second-order valence-corrected chi connectivity index (χ2v) is 7.23. The fraction of sp³-hybridized carbons (Fsp3) is 0.667. The van der Waals surface area contributed by atoms with E-state index in [1.54, 1.807) is 0 Å². The molecule has 2 saturated heterocycles. The van der Waals surface area contributed by atoms with Gasteiger partial charge in [0.25, 0.3) is 0 Å². The van der Waals surface area contributed by atoms with Gasteiger partial charge in [-0.3, -0.25) is 14.3 Å². The molecule has 0 radical (unpaired) electrons. The highest BCUT2D eigenvalue weighted by atomic mass is 16.5. The molecule has 25 heavy (non-hydrogen) atoms. The van der Waals surface area contributed by atoms with E-state index in [1.807, 2.05) is 35.9 Å². The maximum atomic E-state index is 6.14. The second kappa shape index (κ2) is 7.17. The van der Waals surface area contributed by atoms with E-state index < -0.39 is 0 Å². The van der Waals surface area contributed by atoms with Crippen LogP contribution in [0.15, 0.2) is 24.7 Å². The number of rotatable bonds is 4. The average Bonchev–Trinajstić information content (AvgIpc) is 3.25. The van der Waals surface area contributed by atoms with Crippen LogP contribution in [0.2, 0.25) is 0 Å². The minimum absolute atomic E-state index is 0.178. The fourth-order valence-corrected chi connectivity index (χ4v) is 4.11. The van der Waals surface area contributed by atoms with E-state index >= 15 is 0 Å². The first-order valence-corrected chi connectivity index (χ1v) is 9.26. The number of aromatic nitrogens is 4. The highest BCUT2D eigenvalue weighted by molar-refractivity contribution is 5.42. The lowest BCUT2D eigenvalue weighted by Crippen LogP contribution is -2.48. The molecular weight excluding hydrogens is 316 g/mol. The third kappa shape index (κ3) is 3.57. The summed E-state index contributed by atoms with van der Waals surface area (Å²) >= 11 is 0. The maximum Gasteiger partial charge on any atom is 0.103 e. The lowest BCUT2D eigenvalue weighted by atomic mass is 9.91. The Labute approximate surface area is 149 Å². The van der Waals surface area contributed by atoms with Crippen LogP contribution in [0, 0.1) is 5.92 Å². The van der Waals surface area contributed by atoms with Crippen molar-refractivity contribution in [1.82, 2.24) is 24.5 Å². The zero-order valence-electron chi connectivity index (χ0n) is 15.2. The van der Waals surface area contributed by atoms with Crippen LogP contribution >= 0.6 is 0 Å². The predicted octanol–water partition coefficient (Wildman–Crippen LogP) is 1.44. The van der Waals surface area contributed by atoms with Crippen LogP contribution < -0.4 is 4.90 Å². The molecule has 2 atom stereocenters. The molecule has 0 amide bonds. The Morgan fingerprint density at radius 2 is 2.00 bits per heavy atom. The molecule has 136 valence electrons. The maximum absolute atomic E-state index is 6.14. The molecule has 7 nitrogen and oxygen atoms in total. The topological polar surface area (TPSA) is 51.4 Å². The molecule has 4 rings (SSSR count). The van der Waals surface area contributed by atoms with E-state index in [1.165, 1.54) is 17.8 Å². The van der Waals surface area contributed by atoms with Gasteiger partial charge in [0.05, 0.1) is 17.6 Å². The van der Waals surface area contributed by atoms with Crippen molar-refractivity contribution in [2.75, 3.05) is 44.2 Å². The number of piperazine rings is 1. The first-order chi connectivity index (χ1) is 12.2. The summed E-state index contributed by atoms with van der Waals surface area (Å²) in [5.41, 5.74) is 2.44. The normalized spacial score (nSPS) is 25.4. The van der Waals surface area contributed by atoms with Gasteiger partial charge in [0.2, 0.25) is 0 Å². The van der Waals surface area contributed by atoms with Gasteiger partial charge in [-0.25, -0.2) is 0 Å².